The molecule has 11 heteroatoms. The number of thiophene rings is 1. The molecule has 198 valence electrons. The second-order valence-electron chi connectivity index (χ2n) is 9.74. The number of carbonyl (C=O) groups excluding carboxylic acids is 1. The molecule has 3 aromatic rings. The number of nitro benzene ring substituents is 1. The molecule has 0 radical (unpaired) electrons. The van der Waals surface area contributed by atoms with Crippen molar-refractivity contribution < 1.29 is 9.72 Å². The van der Waals surface area contributed by atoms with E-state index in [1.165, 1.54) is 23.4 Å². The maximum absolute atomic E-state index is 13.4. The van der Waals surface area contributed by atoms with Crippen LogP contribution in [-0.2, 0) is 12.8 Å². The lowest BCUT2D eigenvalue weighted by Gasteiger charge is -2.23. The van der Waals surface area contributed by atoms with E-state index in [2.05, 4.69) is 20.3 Å². The summed E-state index contributed by atoms with van der Waals surface area (Å²) in [5, 5.41) is 16.0. The average Bonchev–Trinajstić information content (AvgIpc) is 3.26. The summed E-state index contributed by atoms with van der Waals surface area (Å²) in [6, 6.07) is 6.39. The number of hydrogen-bond acceptors (Lipinski definition) is 8. The van der Waals surface area contributed by atoms with Gasteiger partial charge < -0.3 is 10.3 Å². The van der Waals surface area contributed by atoms with E-state index in [4.69, 9.17) is 0 Å². The molecule has 2 aromatic heterocycles. The summed E-state index contributed by atoms with van der Waals surface area (Å²) in [6.45, 7) is 1.69. The fourth-order valence-corrected chi connectivity index (χ4v) is 7.22. The fraction of sp³-hybridized carbons (Fsp3) is 0.407. The van der Waals surface area contributed by atoms with Crippen LogP contribution in [0.2, 0.25) is 0 Å². The number of nitrogens with zero attached hydrogens (tertiary/aromatic N) is 3. The molecule has 2 N–H and O–H groups in total. The first kappa shape index (κ1) is 26.3. The zero-order valence-electron chi connectivity index (χ0n) is 21.1. The highest BCUT2D eigenvalue weighted by Gasteiger charge is 2.27. The van der Waals surface area contributed by atoms with Gasteiger partial charge in [-0.05, 0) is 74.4 Å². The van der Waals surface area contributed by atoms with E-state index in [1.54, 1.807) is 36.6 Å². The number of aryl methyl sites for hydroxylation is 2. The van der Waals surface area contributed by atoms with Crippen LogP contribution in [0.3, 0.4) is 0 Å². The number of aromatic amines is 1. The molecule has 0 atom stereocenters. The average molecular weight is 552 g/mol. The number of rotatable bonds is 7. The van der Waals surface area contributed by atoms with E-state index < -0.39 is 4.92 Å². The standard InChI is InChI=1S/C27H29N5O4S2/c1-16-13-23(33)31-27(29-16)38-22-12-11-17(14-20(22)32(35)36)15-28-26-24(19-9-5-6-10-21(19)37-26)25(34)30-18-7-3-2-4-8-18/h11-15,18H,2-10H2,1H3,(H,30,34)(H,29,31,33). The molecule has 9 nitrogen and oxygen atoms in total. The largest absolute Gasteiger partial charge is 0.349 e. The third-order valence-corrected chi connectivity index (χ3v) is 9.04. The minimum absolute atomic E-state index is 0.0548. The van der Waals surface area contributed by atoms with Gasteiger partial charge in [0.1, 0.15) is 5.00 Å². The SMILES string of the molecule is Cc1cc(=O)[nH]c(Sc2ccc(C=Nc3sc4c(c3C(=O)NC3CCCCC3)CCCC4)cc2[N+](=O)[O-])n1. The number of nitrogens with one attached hydrogen (secondary N) is 2. The second-order valence-corrected chi connectivity index (χ2v) is 11.9. The Morgan fingerprint density at radius 2 is 2.00 bits per heavy atom. The van der Waals surface area contributed by atoms with Crippen molar-refractivity contribution in [1.29, 1.82) is 0 Å². The molecule has 0 spiro atoms. The number of amides is 1. The molecule has 2 aliphatic carbocycles. The normalized spacial score (nSPS) is 15.9. The first-order chi connectivity index (χ1) is 18.4. The molecule has 2 aliphatic rings. The van der Waals surface area contributed by atoms with Crippen molar-refractivity contribution in [3.63, 3.8) is 0 Å². The van der Waals surface area contributed by atoms with Gasteiger partial charge in [0, 0.05) is 35.0 Å². The fourth-order valence-electron chi connectivity index (χ4n) is 5.06. The van der Waals surface area contributed by atoms with Gasteiger partial charge in [-0.15, -0.1) is 11.3 Å². The van der Waals surface area contributed by atoms with Crippen LogP contribution in [0.4, 0.5) is 10.7 Å². The van der Waals surface area contributed by atoms with Gasteiger partial charge in [-0.25, -0.2) is 9.98 Å². The quantitative estimate of drug-likeness (QED) is 0.163. The van der Waals surface area contributed by atoms with E-state index in [1.807, 2.05) is 0 Å². The molecular weight excluding hydrogens is 522 g/mol. The predicted octanol–water partition coefficient (Wildman–Crippen LogP) is 5.89. The third kappa shape index (κ3) is 6.05. The number of aromatic nitrogens is 2. The lowest BCUT2D eigenvalue weighted by Crippen LogP contribution is -2.36. The van der Waals surface area contributed by atoms with Gasteiger partial charge in [-0.2, -0.15) is 0 Å². The summed E-state index contributed by atoms with van der Waals surface area (Å²) in [7, 11) is 0. The Morgan fingerprint density at radius 3 is 2.76 bits per heavy atom. The van der Waals surface area contributed by atoms with Crippen LogP contribution < -0.4 is 10.9 Å². The summed E-state index contributed by atoms with van der Waals surface area (Å²) in [6.07, 6.45) is 11.1. The molecule has 1 aromatic carbocycles. The zero-order chi connectivity index (χ0) is 26.6. The minimum Gasteiger partial charge on any atom is -0.349 e. The molecule has 0 aliphatic heterocycles. The molecule has 0 saturated heterocycles. The monoisotopic (exact) mass is 551 g/mol. The lowest BCUT2D eigenvalue weighted by atomic mass is 9.93. The zero-order valence-corrected chi connectivity index (χ0v) is 22.8. The maximum Gasteiger partial charge on any atom is 0.283 e. The highest BCUT2D eigenvalue weighted by atomic mass is 32.2. The van der Waals surface area contributed by atoms with E-state index in [0.717, 1.165) is 68.7 Å². The minimum atomic E-state index is -0.458. The molecule has 38 heavy (non-hydrogen) atoms. The summed E-state index contributed by atoms with van der Waals surface area (Å²) in [5.41, 5.74) is 2.44. The first-order valence-corrected chi connectivity index (χ1v) is 14.5. The van der Waals surface area contributed by atoms with E-state index in [0.29, 0.717) is 26.7 Å². The third-order valence-electron chi connectivity index (χ3n) is 6.89. The number of benzene rings is 1. The maximum atomic E-state index is 13.4. The van der Waals surface area contributed by atoms with Gasteiger partial charge in [0.05, 0.1) is 15.4 Å². The summed E-state index contributed by atoms with van der Waals surface area (Å²) in [5.74, 6) is -0.0548. The number of hydrogen-bond donors (Lipinski definition) is 2. The smallest absolute Gasteiger partial charge is 0.283 e. The molecule has 1 amide bonds. The molecule has 1 saturated carbocycles. The van der Waals surface area contributed by atoms with E-state index in [9.17, 15) is 19.7 Å². The van der Waals surface area contributed by atoms with Gasteiger partial charge in [-0.3, -0.25) is 19.7 Å². The lowest BCUT2D eigenvalue weighted by molar-refractivity contribution is -0.387. The van der Waals surface area contributed by atoms with Gasteiger partial charge in [0.2, 0.25) is 0 Å². The van der Waals surface area contributed by atoms with Gasteiger partial charge in [0.25, 0.3) is 17.2 Å². The Morgan fingerprint density at radius 1 is 1.21 bits per heavy atom. The van der Waals surface area contributed by atoms with Crippen LogP contribution in [0.25, 0.3) is 0 Å². The van der Waals surface area contributed by atoms with Crippen LogP contribution in [0, 0.1) is 17.0 Å². The van der Waals surface area contributed by atoms with Crippen LogP contribution in [-0.4, -0.2) is 33.1 Å². The highest BCUT2D eigenvalue weighted by Crippen LogP contribution is 2.40. The Labute approximate surface area is 228 Å². The number of fused-ring (bicyclic) bond motifs is 1. The molecule has 0 unspecified atom stereocenters. The number of H-pyrrole nitrogens is 1. The molecular formula is C27H29N5O4S2. The van der Waals surface area contributed by atoms with Crippen molar-refractivity contribution in [3.05, 3.63) is 72.0 Å². The Hall–Kier alpha value is -3.31. The van der Waals surface area contributed by atoms with Gasteiger partial charge in [-0.1, -0.05) is 25.3 Å². The Kier molecular flexibility index (Phi) is 8.04. The Balaban J connectivity index is 1.42. The van der Waals surface area contributed by atoms with Gasteiger partial charge in [0.15, 0.2) is 5.16 Å². The summed E-state index contributed by atoms with van der Waals surface area (Å²) in [4.78, 5) is 49.6. The van der Waals surface area contributed by atoms with E-state index >= 15 is 0 Å². The number of carbonyl (C=O) groups is 1. The molecule has 1 fully saturated rings. The number of nitro groups is 1. The van der Waals surface area contributed by atoms with Crippen LogP contribution in [0.1, 0.15) is 77.0 Å². The highest BCUT2D eigenvalue weighted by molar-refractivity contribution is 7.99. The second kappa shape index (κ2) is 11.6. The van der Waals surface area contributed by atoms with Gasteiger partial charge >= 0.3 is 0 Å². The predicted molar refractivity (Wildman–Crippen MR) is 149 cm³/mol. The van der Waals surface area contributed by atoms with Crippen LogP contribution in [0.15, 0.2) is 44.1 Å². The summed E-state index contributed by atoms with van der Waals surface area (Å²) >= 11 is 2.58. The van der Waals surface area contributed by atoms with E-state index in [-0.39, 0.29) is 28.4 Å². The van der Waals surface area contributed by atoms with Crippen molar-refractivity contribution in [3.8, 4) is 0 Å². The summed E-state index contributed by atoms with van der Waals surface area (Å²) < 4.78 is 0. The van der Waals surface area contributed by atoms with Crippen molar-refractivity contribution >= 4 is 45.9 Å². The van der Waals surface area contributed by atoms with Crippen molar-refractivity contribution in [2.75, 3.05) is 0 Å². The van der Waals surface area contributed by atoms with Crippen molar-refractivity contribution in [1.82, 2.24) is 15.3 Å². The van der Waals surface area contributed by atoms with Crippen LogP contribution >= 0.6 is 23.1 Å². The Bertz CT molecular complexity index is 1460. The molecule has 5 rings (SSSR count). The van der Waals surface area contributed by atoms with Crippen molar-refractivity contribution in [2.24, 2.45) is 4.99 Å². The van der Waals surface area contributed by atoms with Crippen molar-refractivity contribution in [2.45, 2.75) is 80.8 Å². The van der Waals surface area contributed by atoms with Crippen LogP contribution in [0.5, 0.6) is 0 Å². The number of aliphatic imine (C=N–C) groups is 1. The molecule has 2 heterocycles. The topological polar surface area (TPSA) is 130 Å². The molecule has 0 bridgehead atoms. The first-order valence-electron chi connectivity index (χ1n) is 12.9.